The zero-order chi connectivity index (χ0) is 19.8. The van der Waals surface area contributed by atoms with Gasteiger partial charge in [0.15, 0.2) is 9.84 Å². The molecule has 27 heavy (non-hydrogen) atoms. The number of benzene rings is 1. The number of ether oxygens (including phenoxy) is 1. The maximum atomic E-state index is 13.1. The van der Waals surface area contributed by atoms with Crippen LogP contribution in [0.2, 0.25) is 0 Å². The molecule has 0 aliphatic heterocycles. The first kappa shape index (κ1) is 18.8. The Hall–Kier alpha value is -3.00. The molecule has 6 nitrogen and oxygen atoms in total. The molecule has 0 aliphatic rings. The molecule has 0 saturated heterocycles. The second-order valence-electron chi connectivity index (χ2n) is 5.96. The van der Waals surface area contributed by atoms with Crippen molar-refractivity contribution in [2.75, 3.05) is 7.11 Å². The smallest absolute Gasteiger partial charge is 0.381 e. The number of nitrogens with zero attached hydrogens (tertiary/aromatic N) is 1. The van der Waals surface area contributed by atoms with Gasteiger partial charge in [0.1, 0.15) is 11.5 Å². The molecular formula is C19H16FNO5S. The highest BCUT2D eigenvalue weighted by atomic mass is 32.2. The summed E-state index contributed by atoms with van der Waals surface area (Å²) in [5.41, 5.74) is 0.796. The lowest BCUT2D eigenvalue weighted by atomic mass is 10.2. The molecule has 8 heteroatoms. The predicted molar refractivity (Wildman–Crippen MR) is 95.8 cm³/mol. The average Bonchev–Trinajstić information content (AvgIpc) is 2.94. The molecule has 0 bridgehead atoms. The Morgan fingerprint density at radius 3 is 2.41 bits per heavy atom. The normalized spacial score (nSPS) is 11.5. The SMILES string of the molecule is COC(=O)C(=O)c1c(C)c(S(=O)(=O)Cc2ccc(F)cc2)c2ccccn12. The van der Waals surface area contributed by atoms with Crippen LogP contribution in [-0.2, 0) is 25.1 Å². The summed E-state index contributed by atoms with van der Waals surface area (Å²) in [7, 11) is -2.80. The molecule has 3 rings (SSSR count). The maximum Gasteiger partial charge on any atom is 0.381 e. The van der Waals surface area contributed by atoms with Crippen molar-refractivity contribution in [2.24, 2.45) is 0 Å². The Kier molecular flexibility index (Phi) is 4.84. The van der Waals surface area contributed by atoms with E-state index in [1.807, 2.05) is 0 Å². The Morgan fingerprint density at radius 2 is 1.78 bits per heavy atom. The van der Waals surface area contributed by atoms with Gasteiger partial charge in [-0.3, -0.25) is 4.79 Å². The number of pyridine rings is 1. The maximum absolute atomic E-state index is 13.1. The molecule has 140 valence electrons. The Balaban J connectivity index is 2.19. The number of sulfone groups is 1. The lowest BCUT2D eigenvalue weighted by Crippen LogP contribution is -2.18. The van der Waals surface area contributed by atoms with Crippen molar-refractivity contribution in [2.45, 2.75) is 17.6 Å². The van der Waals surface area contributed by atoms with Crippen LogP contribution in [0, 0.1) is 12.7 Å². The van der Waals surface area contributed by atoms with Crippen molar-refractivity contribution < 1.29 is 27.1 Å². The number of carbonyl (C=O) groups is 2. The highest BCUT2D eigenvalue weighted by Gasteiger charge is 2.31. The zero-order valence-corrected chi connectivity index (χ0v) is 15.4. The van der Waals surface area contributed by atoms with Crippen LogP contribution in [0.3, 0.4) is 0 Å². The van der Waals surface area contributed by atoms with Crippen LogP contribution in [0.1, 0.15) is 21.6 Å². The van der Waals surface area contributed by atoms with Gasteiger partial charge in [-0.25, -0.2) is 17.6 Å². The first-order valence-electron chi connectivity index (χ1n) is 7.95. The monoisotopic (exact) mass is 389 g/mol. The Labute approximate surface area is 155 Å². The first-order chi connectivity index (χ1) is 12.8. The zero-order valence-electron chi connectivity index (χ0n) is 14.6. The van der Waals surface area contributed by atoms with Gasteiger partial charge in [0.2, 0.25) is 0 Å². The van der Waals surface area contributed by atoms with Gasteiger partial charge in [0, 0.05) is 6.20 Å². The third kappa shape index (κ3) is 3.35. The fourth-order valence-corrected chi connectivity index (χ4v) is 4.86. The third-order valence-corrected chi connectivity index (χ3v) is 6.05. The van der Waals surface area contributed by atoms with Crippen LogP contribution < -0.4 is 0 Å². The van der Waals surface area contributed by atoms with Crippen LogP contribution in [-0.4, -0.2) is 31.7 Å². The van der Waals surface area contributed by atoms with Gasteiger partial charge in [-0.05, 0) is 42.3 Å². The molecule has 0 unspecified atom stereocenters. The molecule has 2 aromatic heterocycles. The number of Topliss-reactive ketones (excluding diaryl/α,β-unsaturated/α-hetero) is 1. The molecule has 0 amide bonds. The standard InChI is InChI=1S/C19H16FNO5S/c1-12-16(17(22)19(23)26-2)21-10-4-3-5-15(21)18(12)27(24,25)11-13-6-8-14(20)9-7-13/h3-10H,11H2,1-2H3. The van der Waals surface area contributed by atoms with E-state index in [2.05, 4.69) is 4.74 Å². The van der Waals surface area contributed by atoms with Gasteiger partial charge in [-0.1, -0.05) is 18.2 Å². The summed E-state index contributed by atoms with van der Waals surface area (Å²) in [6, 6.07) is 9.96. The highest BCUT2D eigenvalue weighted by molar-refractivity contribution is 7.91. The number of halogens is 1. The lowest BCUT2D eigenvalue weighted by Gasteiger charge is -2.05. The van der Waals surface area contributed by atoms with Crippen molar-refractivity contribution in [3.05, 3.63) is 71.3 Å². The van der Waals surface area contributed by atoms with Crippen molar-refractivity contribution >= 4 is 27.1 Å². The summed E-state index contributed by atoms with van der Waals surface area (Å²) in [5, 5.41) is 0. The molecule has 0 saturated carbocycles. The number of hydrogen-bond donors (Lipinski definition) is 0. The van der Waals surface area contributed by atoms with Gasteiger partial charge in [-0.15, -0.1) is 0 Å². The molecule has 0 N–H and O–H groups in total. The number of methoxy groups -OCH3 is 1. The summed E-state index contributed by atoms with van der Waals surface area (Å²) in [4.78, 5) is 24.1. The minimum Gasteiger partial charge on any atom is -0.463 e. The van der Waals surface area contributed by atoms with Crippen molar-refractivity contribution in [1.82, 2.24) is 4.40 Å². The highest BCUT2D eigenvalue weighted by Crippen LogP contribution is 2.30. The van der Waals surface area contributed by atoms with E-state index in [0.717, 1.165) is 7.11 Å². The number of fused-ring (bicyclic) bond motifs is 1. The van der Waals surface area contributed by atoms with E-state index in [-0.39, 0.29) is 27.4 Å². The van der Waals surface area contributed by atoms with E-state index < -0.39 is 27.4 Å². The molecule has 3 aromatic rings. The minimum absolute atomic E-state index is 0.0420. The van der Waals surface area contributed by atoms with Crippen LogP contribution in [0.25, 0.3) is 5.52 Å². The topological polar surface area (TPSA) is 81.9 Å². The van der Waals surface area contributed by atoms with E-state index in [1.54, 1.807) is 18.2 Å². The van der Waals surface area contributed by atoms with E-state index in [0.29, 0.717) is 5.56 Å². The van der Waals surface area contributed by atoms with Crippen molar-refractivity contribution in [1.29, 1.82) is 0 Å². The van der Waals surface area contributed by atoms with Gasteiger partial charge in [0.25, 0.3) is 5.78 Å². The number of hydrogen-bond acceptors (Lipinski definition) is 5. The summed E-state index contributed by atoms with van der Waals surface area (Å²) in [5.74, 6) is -2.84. The van der Waals surface area contributed by atoms with Gasteiger partial charge >= 0.3 is 5.97 Å². The molecule has 0 atom stereocenters. The van der Waals surface area contributed by atoms with Gasteiger partial charge < -0.3 is 9.14 Å². The summed E-state index contributed by atoms with van der Waals surface area (Å²) in [6.45, 7) is 1.47. The number of rotatable bonds is 5. The van der Waals surface area contributed by atoms with Crippen LogP contribution in [0.5, 0.6) is 0 Å². The summed E-state index contributed by atoms with van der Waals surface area (Å²) < 4.78 is 45.1. The molecule has 0 radical (unpaired) electrons. The van der Waals surface area contributed by atoms with Crippen LogP contribution >= 0.6 is 0 Å². The molecule has 0 fully saturated rings. The van der Waals surface area contributed by atoms with Crippen LogP contribution in [0.15, 0.2) is 53.6 Å². The quantitative estimate of drug-likeness (QED) is 0.381. The van der Waals surface area contributed by atoms with E-state index in [9.17, 15) is 22.4 Å². The minimum atomic E-state index is -3.88. The number of ketones is 1. The number of aromatic nitrogens is 1. The average molecular weight is 389 g/mol. The van der Waals surface area contributed by atoms with Crippen LogP contribution in [0.4, 0.5) is 4.39 Å². The largest absolute Gasteiger partial charge is 0.463 e. The van der Waals surface area contributed by atoms with Gasteiger partial charge in [0.05, 0.1) is 23.3 Å². The first-order valence-corrected chi connectivity index (χ1v) is 9.61. The fraction of sp³-hybridized carbons (Fsp3) is 0.158. The second-order valence-corrected chi connectivity index (χ2v) is 7.89. The fourth-order valence-electron chi connectivity index (χ4n) is 3.04. The molecular weight excluding hydrogens is 373 g/mol. The molecule has 2 heterocycles. The Bertz CT molecular complexity index is 1150. The summed E-state index contributed by atoms with van der Waals surface area (Å²) in [6.07, 6.45) is 1.51. The summed E-state index contributed by atoms with van der Waals surface area (Å²) >= 11 is 0. The van der Waals surface area contributed by atoms with E-state index >= 15 is 0 Å². The molecule has 0 aliphatic carbocycles. The van der Waals surface area contributed by atoms with Crippen molar-refractivity contribution in [3.8, 4) is 0 Å². The predicted octanol–water partition coefficient (Wildman–Crippen LogP) is 2.72. The number of esters is 1. The Morgan fingerprint density at radius 1 is 1.11 bits per heavy atom. The van der Waals surface area contributed by atoms with E-state index in [4.69, 9.17) is 0 Å². The molecule has 1 aromatic carbocycles. The lowest BCUT2D eigenvalue weighted by molar-refractivity contribution is -0.135. The third-order valence-electron chi connectivity index (χ3n) is 4.20. The number of carbonyl (C=O) groups excluding carboxylic acids is 2. The van der Waals surface area contributed by atoms with E-state index in [1.165, 1.54) is 41.8 Å². The second kappa shape index (κ2) is 6.96. The van der Waals surface area contributed by atoms with Gasteiger partial charge in [-0.2, -0.15) is 0 Å². The van der Waals surface area contributed by atoms with Crippen molar-refractivity contribution in [3.63, 3.8) is 0 Å². The molecule has 0 spiro atoms.